The lowest BCUT2D eigenvalue weighted by Crippen LogP contribution is -2.01. The molecular formula is C30H24N6O. The van der Waals surface area contributed by atoms with E-state index < -0.39 is 0 Å². The summed E-state index contributed by atoms with van der Waals surface area (Å²) in [6.07, 6.45) is 0. The number of benzene rings is 4. The van der Waals surface area contributed by atoms with E-state index in [1.54, 1.807) is 7.11 Å². The molecule has 7 nitrogen and oxygen atoms in total. The summed E-state index contributed by atoms with van der Waals surface area (Å²) in [7, 11) is 1.63. The Balaban J connectivity index is 1.51. The number of azo groups is 1. The average Bonchev–Trinajstić information content (AvgIpc) is 2.98. The van der Waals surface area contributed by atoms with Crippen LogP contribution in [0.5, 0.6) is 5.75 Å². The molecule has 5 aromatic rings. The Kier molecular flexibility index (Phi) is 7.33. The summed E-state index contributed by atoms with van der Waals surface area (Å²) in [5.74, 6) is 1.40. The third-order valence-electron chi connectivity index (χ3n) is 5.50. The SMILES string of the molecule is COc1ccc(NN=C(N=Nc2nc(-c3ccccc3)cc(-c3ccccc3)n2)c2ccccc2)cc1. The van der Waals surface area contributed by atoms with E-state index in [9.17, 15) is 0 Å². The first-order valence-corrected chi connectivity index (χ1v) is 11.7. The van der Waals surface area contributed by atoms with Crippen LogP contribution in [0.1, 0.15) is 5.56 Å². The molecule has 5 rings (SSSR count). The molecule has 0 atom stereocenters. The summed E-state index contributed by atoms with van der Waals surface area (Å²) in [5, 5.41) is 13.4. The first-order valence-electron chi connectivity index (χ1n) is 11.7. The van der Waals surface area contributed by atoms with Crippen molar-refractivity contribution in [3.63, 3.8) is 0 Å². The molecule has 0 unspecified atom stereocenters. The molecule has 0 aliphatic heterocycles. The first kappa shape index (κ1) is 23.6. The molecule has 0 fully saturated rings. The number of aromatic nitrogens is 2. The second-order valence-electron chi connectivity index (χ2n) is 8.01. The van der Waals surface area contributed by atoms with Crippen molar-refractivity contribution in [3.8, 4) is 28.3 Å². The minimum absolute atomic E-state index is 0.244. The Morgan fingerprint density at radius 1 is 0.676 bits per heavy atom. The van der Waals surface area contributed by atoms with E-state index in [4.69, 9.17) is 4.74 Å². The number of rotatable bonds is 7. The van der Waals surface area contributed by atoms with Crippen LogP contribution < -0.4 is 10.2 Å². The largest absolute Gasteiger partial charge is 0.497 e. The molecule has 1 heterocycles. The molecule has 37 heavy (non-hydrogen) atoms. The van der Waals surface area contributed by atoms with Gasteiger partial charge in [-0.1, -0.05) is 91.0 Å². The number of nitrogens with zero attached hydrogens (tertiary/aromatic N) is 5. The van der Waals surface area contributed by atoms with Gasteiger partial charge in [-0.3, -0.25) is 5.43 Å². The van der Waals surface area contributed by atoms with Crippen molar-refractivity contribution in [2.24, 2.45) is 15.3 Å². The van der Waals surface area contributed by atoms with E-state index in [1.807, 2.05) is 121 Å². The van der Waals surface area contributed by atoms with E-state index in [2.05, 4.69) is 30.7 Å². The number of hydrogen-bond donors (Lipinski definition) is 1. The zero-order valence-corrected chi connectivity index (χ0v) is 20.2. The topological polar surface area (TPSA) is 84.1 Å². The third-order valence-corrected chi connectivity index (χ3v) is 5.50. The van der Waals surface area contributed by atoms with Gasteiger partial charge in [0.1, 0.15) is 5.75 Å². The Bertz CT molecular complexity index is 1450. The van der Waals surface area contributed by atoms with E-state index >= 15 is 0 Å². The molecule has 0 radical (unpaired) electrons. The van der Waals surface area contributed by atoms with Crippen LogP contribution in [-0.4, -0.2) is 22.9 Å². The molecule has 0 amide bonds. The molecule has 1 aromatic heterocycles. The molecule has 7 heteroatoms. The number of nitrogens with one attached hydrogen (secondary N) is 1. The maximum absolute atomic E-state index is 5.22. The molecule has 0 saturated heterocycles. The minimum atomic E-state index is 0.244. The van der Waals surface area contributed by atoms with Crippen LogP contribution >= 0.6 is 0 Å². The van der Waals surface area contributed by atoms with Crippen LogP contribution in [0.25, 0.3) is 22.5 Å². The Morgan fingerprint density at radius 3 is 1.76 bits per heavy atom. The van der Waals surface area contributed by atoms with Crippen LogP contribution in [0.2, 0.25) is 0 Å². The molecule has 4 aromatic carbocycles. The third kappa shape index (κ3) is 6.10. The fourth-order valence-electron chi connectivity index (χ4n) is 3.60. The summed E-state index contributed by atoms with van der Waals surface area (Å²) in [6, 6.07) is 38.9. The number of ether oxygens (including phenoxy) is 1. The quantitative estimate of drug-likeness (QED) is 0.113. The number of hydrazone groups is 1. The van der Waals surface area contributed by atoms with E-state index in [0.29, 0.717) is 5.84 Å². The summed E-state index contributed by atoms with van der Waals surface area (Å²) in [6.45, 7) is 0. The molecule has 1 N–H and O–H groups in total. The van der Waals surface area contributed by atoms with Crippen LogP contribution in [-0.2, 0) is 0 Å². The molecule has 0 aliphatic carbocycles. The highest BCUT2D eigenvalue weighted by molar-refractivity contribution is 5.99. The monoisotopic (exact) mass is 484 g/mol. The Labute approximate surface area is 215 Å². The Morgan fingerprint density at radius 2 is 1.22 bits per heavy atom. The molecule has 180 valence electrons. The number of hydrogen-bond acceptors (Lipinski definition) is 6. The standard InChI is InChI=1S/C30H24N6O/c1-37-26-19-17-25(18-20-26)33-34-29(24-15-9-4-10-16-24)35-36-30-31-27(22-11-5-2-6-12-22)21-28(32-30)23-13-7-3-8-14-23/h2-21,33H,1H3. The first-order chi connectivity index (χ1) is 18.3. The van der Waals surface area contributed by atoms with Crippen LogP contribution in [0.15, 0.2) is 137 Å². The van der Waals surface area contributed by atoms with Crippen molar-refractivity contribution in [2.75, 3.05) is 12.5 Å². The maximum Gasteiger partial charge on any atom is 0.270 e. The van der Waals surface area contributed by atoms with Crippen molar-refractivity contribution in [1.29, 1.82) is 0 Å². The predicted molar refractivity (Wildman–Crippen MR) is 147 cm³/mol. The second kappa shape index (κ2) is 11.5. The lowest BCUT2D eigenvalue weighted by molar-refractivity contribution is 0.415. The number of amidine groups is 1. The van der Waals surface area contributed by atoms with Gasteiger partial charge in [0.05, 0.1) is 24.2 Å². The van der Waals surface area contributed by atoms with E-state index in [-0.39, 0.29) is 5.95 Å². The molecule has 0 bridgehead atoms. The van der Waals surface area contributed by atoms with Crippen molar-refractivity contribution in [1.82, 2.24) is 9.97 Å². The van der Waals surface area contributed by atoms with Gasteiger partial charge in [-0.2, -0.15) is 5.10 Å². The van der Waals surface area contributed by atoms with Crippen molar-refractivity contribution < 1.29 is 4.74 Å². The van der Waals surface area contributed by atoms with Gasteiger partial charge >= 0.3 is 0 Å². The lowest BCUT2D eigenvalue weighted by Gasteiger charge is -2.07. The predicted octanol–water partition coefficient (Wildman–Crippen LogP) is 7.38. The molecule has 0 aliphatic rings. The van der Waals surface area contributed by atoms with E-state index in [0.717, 1.165) is 39.5 Å². The van der Waals surface area contributed by atoms with Gasteiger partial charge in [-0.15, -0.1) is 10.2 Å². The van der Waals surface area contributed by atoms with Gasteiger partial charge in [-0.25, -0.2) is 9.97 Å². The second-order valence-corrected chi connectivity index (χ2v) is 8.01. The zero-order valence-electron chi connectivity index (χ0n) is 20.2. The van der Waals surface area contributed by atoms with Crippen LogP contribution in [0.4, 0.5) is 11.6 Å². The molecule has 0 spiro atoms. The zero-order chi connectivity index (χ0) is 25.3. The summed E-state index contributed by atoms with van der Waals surface area (Å²) < 4.78 is 5.22. The average molecular weight is 485 g/mol. The summed E-state index contributed by atoms with van der Waals surface area (Å²) in [4.78, 5) is 9.34. The fraction of sp³-hybridized carbons (Fsp3) is 0.0333. The summed E-state index contributed by atoms with van der Waals surface area (Å²) in [5.41, 5.74) is 8.10. The Hall–Kier alpha value is -5.17. The normalized spacial score (nSPS) is 11.4. The number of anilines is 1. The van der Waals surface area contributed by atoms with Gasteiger partial charge in [0.25, 0.3) is 5.95 Å². The van der Waals surface area contributed by atoms with Gasteiger partial charge in [0.2, 0.25) is 5.84 Å². The van der Waals surface area contributed by atoms with Crippen molar-refractivity contribution in [3.05, 3.63) is 127 Å². The van der Waals surface area contributed by atoms with E-state index in [1.165, 1.54) is 0 Å². The highest BCUT2D eigenvalue weighted by Gasteiger charge is 2.09. The smallest absolute Gasteiger partial charge is 0.270 e. The van der Waals surface area contributed by atoms with Crippen molar-refractivity contribution >= 4 is 17.5 Å². The van der Waals surface area contributed by atoms with Crippen molar-refractivity contribution in [2.45, 2.75) is 0 Å². The lowest BCUT2D eigenvalue weighted by atomic mass is 10.1. The minimum Gasteiger partial charge on any atom is -0.497 e. The van der Waals surface area contributed by atoms with Gasteiger partial charge < -0.3 is 4.74 Å². The molecular weight excluding hydrogens is 460 g/mol. The summed E-state index contributed by atoms with van der Waals surface area (Å²) >= 11 is 0. The fourth-order valence-corrected chi connectivity index (χ4v) is 3.60. The van der Waals surface area contributed by atoms with Gasteiger partial charge in [0.15, 0.2) is 0 Å². The number of methoxy groups -OCH3 is 1. The maximum atomic E-state index is 5.22. The highest BCUT2D eigenvalue weighted by atomic mass is 16.5. The van der Waals surface area contributed by atoms with Gasteiger partial charge in [0, 0.05) is 16.7 Å². The highest BCUT2D eigenvalue weighted by Crippen LogP contribution is 2.26. The van der Waals surface area contributed by atoms with Crippen LogP contribution in [0.3, 0.4) is 0 Å². The van der Waals surface area contributed by atoms with Gasteiger partial charge in [-0.05, 0) is 30.3 Å². The van der Waals surface area contributed by atoms with Crippen LogP contribution in [0, 0.1) is 0 Å². The molecule has 0 saturated carbocycles.